The predicted molar refractivity (Wildman–Crippen MR) is 67.7 cm³/mol. The molecule has 2 rings (SSSR count). The third-order valence-electron chi connectivity index (χ3n) is 2.87. The molecule has 2 atom stereocenters. The summed E-state index contributed by atoms with van der Waals surface area (Å²) < 4.78 is 10.4. The maximum Gasteiger partial charge on any atom is 0.239 e. The molecule has 0 aromatic carbocycles. The first-order valence-electron chi connectivity index (χ1n) is 6.28. The van der Waals surface area contributed by atoms with E-state index in [2.05, 4.69) is 10.5 Å². The van der Waals surface area contributed by atoms with E-state index in [1.54, 1.807) is 13.0 Å². The number of rotatable bonds is 4. The molecular formula is C12H19N3O4. The number of aliphatic hydroxyl groups excluding tert-OH is 1. The van der Waals surface area contributed by atoms with Crippen LogP contribution in [0.2, 0.25) is 0 Å². The Morgan fingerprint density at radius 2 is 2.42 bits per heavy atom. The monoisotopic (exact) mass is 269 g/mol. The van der Waals surface area contributed by atoms with Crippen molar-refractivity contribution in [2.24, 2.45) is 0 Å². The summed E-state index contributed by atoms with van der Waals surface area (Å²) in [6.07, 6.45) is -0.223. The van der Waals surface area contributed by atoms with Gasteiger partial charge in [0, 0.05) is 19.2 Å². The number of anilines is 1. The third-order valence-corrected chi connectivity index (χ3v) is 2.87. The molecule has 0 saturated carbocycles. The number of hydrogen-bond acceptors (Lipinski definition) is 6. The quantitative estimate of drug-likeness (QED) is 0.800. The Bertz CT molecular complexity index is 434. The first-order valence-corrected chi connectivity index (χ1v) is 6.28. The molecule has 1 aromatic rings. The smallest absolute Gasteiger partial charge is 0.239 e. The molecule has 2 N–H and O–H groups in total. The van der Waals surface area contributed by atoms with Crippen LogP contribution >= 0.6 is 0 Å². The van der Waals surface area contributed by atoms with Crippen molar-refractivity contribution in [3.05, 3.63) is 11.8 Å². The molecule has 0 bridgehead atoms. The second-order valence-corrected chi connectivity index (χ2v) is 4.82. The molecule has 106 valence electrons. The number of nitrogens with one attached hydrogen (secondary N) is 1. The first kappa shape index (κ1) is 14.0. The van der Waals surface area contributed by atoms with Crippen molar-refractivity contribution in [3.63, 3.8) is 0 Å². The summed E-state index contributed by atoms with van der Waals surface area (Å²) in [5.74, 6) is 0.914. The van der Waals surface area contributed by atoms with E-state index in [1.165, 1.54) is 0 Å². The van der Waals surface area contributed by atoms with Crippen LogP contribution in [0.1, 0.15) is 12.7 Å². The standard InChI is InChI=1S/C12H19N3O4/c1-8-3-11(14-19-8)13-12(17)6-15-4-9(2)18-10(5-15)7-16/h3,9-10,16H,4-7H2,1-2H3,(H,13,14,17). The number of carbonyl (C=O) groups excluding carboxylic acids is 1. The molecule has 1 aromatic heterocycles. The fourth-order valence-electron chi connectivity index (χ4n) is 2.18. The highest BCUT2D eigenvalue weighted by molar-refractivity contribution is 5.91. The van der Waals surface area contributed by atoms with Gasteiger partial charge in [-0.25, -0.2) is 0 Å². The average molecular weight is 269 g/mol. The second-order valence-electron chi connectivity index (χ2n) is 4.82. The summed E-state index contributed by atoms with van der Waals surface area (Å²) in [7, 11) is 0. The SMILES string of the molecule is Cc1cc(NC(=O)CN2CC(C)OC(CO)C2)no1. The molecule has 0 radical (unpaired) electrons. The van der Waals surface area contributed by atoms with Crippen LogP contribution in [0.5, 0.6) is 0 Å². The zero-order chi connectivity index (χ0) is 13.8. The van der Waals surface area contributed by atoms with Gasteiger partial charge in [0.2, 0.25) is 5.91 Å². The van der Waals surface area contributed by atoms with Gasteiger partial charge in [-0.15, -0.1) is 0 Å². The van der Waals surface area contributed by atoms with E-state index in [4.69, 9.17) is 14.4 Å². The highest BCUT2D eigenvalue weighted by atomic mass is 16.5. The third kappa shape index (κ3) is 4.02. The Morgan fingerprint density at radius 3 is 3.05 bits per heavy atom. The Hall–Kier alpha value is -1.44. The molecule has 1 fully saturated rings. The predicted octanol–water partition coefficient (Wildman–Crippen LogP) is 0.00312. The van der Waals surface area contributed by atoms with E-state index in [9.17, 15) is 4.79 Å². The Labute approximate surface area is 111 Å². The molecule has 2 heterocycles. The molecule has 19 heavy (non-hydrogen) atoms. The summed E-state index contributed by atoms with van der Waals surface area (Å²) in [5, 5.41) is 15.5. The van der Waals surface area contributed by atoms with Crippen LogP contribution in [-0.4, -0.2) is 59.5 Å². The first-order chi connectivity index (χ1) is 9.06. The molecule has 1 amide bonds. The van der Waals surface area contributed by atoms with Gasteiger partial charge in [-0.3, -0.25) is 9.69 Å². The van der Waals surface area contributed by atoms with Crippen molar-refractivity contribution in [1.82, 2.24) is 10.1 Å². The minimum absolute atomic E-state index is 0.00740. The Kier molecular flexibility index (Phi) is 4.52. The summed E-state index contributed by atoms with van der Waals surface area (Å²) in [4.78, 5) is 13.8. The van der Waals surface area contributed by atoms with Crippen LogP contribution in [0.3, 0.4) is 0 Å². The minimum Gasteiger partial charge on any atom is -0.394 e. The van der Waals surface area contributed by atoms with Gasteiger partial charge >= 0.3 is 0 Å². The number of ether oxygens (including phenoxy) is 1. The Morgan fingerprint density at radius 1 is 1.63 bits per heavy atom. The number of aliphatic hydroxyl groups is 1. The second kappa shape index (κ2) is 6.14. The number of carbonyl (C=O) groups is 1. The maximum absolute atomic E-state index is 11.9. The van der Waals surface area contributed by atoms with Crippen molar-refractivity contribution in [2.75, 3.05) is 31.6 Å². The fraction of sp³-hybridized carbons (Fsp3) is 0.667. The summed E-state index contributed by atoms with van der Waals surface area (Å²) in [6, 6.07) is 1.66. The van der Waals surface area contributed by atoms with Gasteiger partial charge in [-0.2, -0.15) is 0 Å². The van der Waals surface area contributed by atoms with Crippen LogP contribution in [0, 0.1) is 6.92 Å². The molecule has 7 heteroatoms. The van der Waals surface area contributed by atoms with Crippen LogP contribution in [0.15, 0.2) is 10.6 Å². The minimum atomic E-state index is -0.231. The molecular weight excluding hydrogens is 250 g/mol. The number of nitrogens with zero attached hydrogens (tertiary/aromatic N) is 2. The maximum atomic E-state index is 11.9. The van der Waals surface area contributed by atoms with Crippen molar-refractivity contribution in [1.29, 1.82) is 0 Å². The number of aryl methyl sites for hydroxylation is 1. The van der Waals surface area contributed by atoms with Gasteiger partial charge in [0.05, 0.1) is 25.4 Å². The molecule has 1 saturated heterocycles. The molecule has 2 unspecified atom stereocenters. The van der Waals surface area contributed by atoms with Crippen LogP contribution in [0.4, 0.5) is 5.82 Å². The number of aromatic nitrogens is 1. The number of hydrogen-bond donors (Lipinski definition) is 2. The van der Waals surface area contributed by atoms with Crippen LogP contribution in [-0.2, 0) is 9.53 Å². The Balaban J connectivity index is 1.84. The van der Waals surface area contributed by atoms with Crippen molar-refractivity contribution in [3.8, 4) is 0 Å². The molecule has 0 spiro atoms. The summed E-state index contributed by atoms with van der Waals surface area (Å²) in [5.41, 5.74) is 0. The molecule has 1 aliphatic rings. The number of morpholine rings is 1. The zero-order valence-corrected chi connectivity index (χ0v) is 11.1. The highest BCUT2D eigenvalue weighted by Gasteiger charge is 2.26. The lowest BCUT2D eigenvalue weighted by molar-refractivity contribution is -0.124. The van der Waals surface area contributed by atoms with E-state index in [-0.39, 0.29) is 31.3 Å². The highest BCUT2D eigenvalue weighted by Crippen LogP contribution is 2.11. The lowest BCUT2D eigenvalue weighted by Gasteiger charge is -2.35. The van der Waals surface area contributed by atoms with E-state index >= 15 is 0 Å². The van der Waals surface area contributed by atoms with Gasteiger partial charge in [-0.1, -0.05) is 5.16 Å². The van der Waals surface area contributed by atoms with Crippen LogP contribution < -0.4 is 5.32 Å². The van der Waals surface area contributed by atoms with Crippen molar-refractivity contribution in [2.45, 2.75) is 26.1 Å². The van der Waals surface area contributed by atoms with Gasteiger partial charge < -0.3 is 19.7 Å². The van der Waals surface area contributed by atoms with E-state index < -0.39 is 0 Å². The fourth-order valence-corrected chi connectivity index (χ4v) is 2.18. The van der Waals surface area contributed by atoms with E-state index in [1.807, 2.05) is 11.8 Å². The topological polar surface area (TPSA) is 87.8 Å². The normalized spacial score (nSPS) is 24.4. The van der Waals surface area contributed by atoms with Crippen LogP contribution in [0.25, 0.3) is 0 Å². The van der Waals surface area contributed by atoms with Gasteiger partial charge in [0.1, 0.15) is 5.76 Å². The van der Waals surface area contributed by atoms with Gasteiger partial charge in [0.15, 0.2) is 5.82 Å². The summed E-state index contributed by atoms with van der Waals surface area (Å²) in [6.45, 7) is 5.11. The lowest BCUT2D eigenvalue weighted by Crippen LogP contribution is -2.50. The zero-order valence-electron chi connectivity index (χ0n) is 11.1. The van der Waals surface area contributed by atoms with Crippen molar-refractivity contribution < 1.29 is 19.2 Å². The molecule has 7 nitrogen and oxygen atoms in total. The van der Waals surface area contributed by atoms with Gasteiger partial charge in [0.25, 0.3) is 0 Å². The summed E-state index contributed by atoms with van der Waals surface area (Å²) >= 11 is 0. The largest absolute Gasteiger partial charge is 0.394 e. The molecule has 0 aliphatic carbocycles. The number of amides is 1. The van der Waals surface area contributed by atoms with E-state index in [0.717, 1.165) is 0 Å². The lowest BCUT2D eigenvalue weighted by atomic mass is 10.2. The molecule has 1 aliphatic heterocycles. The van der Waals surface area contributed by atoms with E-state index in [0.29, 0.717) is 24.7 Å². The van der Waals surface area contributed by atoms with Crippen molar-refractivity contribution >= 4 is 11.7 Å². The van der Waals surface area contributed by atoms with Gasteiger partial charge in [-0.05, 0) is 13.8 Å². The average Bonchev–Trinajstić information content (AvgIpc) is 2.73.